The molecule has 1 saturated carbocycles. The molecule has 1 aromatic carbocycles. The van der Waals surface area contributed by atoms with Gasteiger partial charge in [-0.1, -0.05) is 47.8 Å². The van der Waals surface area contributed by atoms with Crippen molar-refractivity contribution in [3.8, 4) is 11.4 Å². The van der Waals surface area contributed by atoms with Gasteiger partial charge in [-0.25, -0.2) is 0 Å². The lowest BCUT2D eigenvalue weighted by molar-refractivity contribution is 0.223. The SMILES string of the molecule is Cc1ccc(-c2noc(C3CCCCC3(C)N)n2)cc1. The molecule has 20 heavy (non-hydrogen) atoms. The third kappa shape index (κ3) is 2.48. The summed E-state index contributed by atoms with van der Waals surface area (Å²) in [6.07, 6.45) is 4.41. The van der Waals surface area contributed by atoms with Crippen molar-refractivity contribution in [1.29, 1.82) is 0 Å². The summed E-state index contributed by atoms with van der Waals surface area (Å²) in [5, 5.41) is 4.12. The summed E-state index contributed by atoms with van der Waals surface area (Å²) in [6.45, 7) is 4.15. The molecule has 2 aromatic rings. The molecule has 1 heterocycles. The molecular formula is C16H21N3O. The van der Waals surface area contributed by atoms with Crippen molar-refractivity contribution in [2.75, 3.05) is 0 Å². The highest BCUT2D eigenvalue weighted by molar-refractivity contribution is 5.54. The molecule has 1 aliphatic rings. The van der Waals surface area contributed by atoms with E-state index >= 15 is 0 Å². The second kappa shape index (κ2) is 5.02. The Kier molecular flexibility index (Phi) is 3.34. The minimum absolute atomic E-state index is 0.169. The fourth-order valence-electron chi connectivity index (χ4n) is 2.96. The van der Waals surface area contributed by atoms with Gasteiger partial charge < -0.3 is 10.3 Å². The fourth-order valence-corrected chi connectivity index (χ4v) is 2.96. The first kappa shape index (κ1) is 13.3. The van der Waals surface area contributed by atoms with E-state index in [1.54, 1.807) is 0 Å². The van der Waals surface area contributed by atoms with Crippen LogP contribution in [0.5, 0.6) is 0 Å². The van der Waals surface area contributed by atoms with Gasteiger partial charge in [-0.2, -0.15) is 4.98 Å². The van der Waals surface area contributed by atoms with Crippen molar-refractivity contribution in [3.05, 3.63) is 35.7 Å². The molecule has 1 aliphatic carbocycles. The summed E-state index contributed by atoms with van der Waals surface area (Å²) in [7, 11) is 0. The topological polar surface area (TPSA) is 64.9 Å². The van der Waals surface area contributed by atoms with E-state index in [2.05, 4.69) is 36.1 Å². The molecule has 2 unspecified atom stereocenters. The first-order chi connectivity index (χ1) is 9.56. The van der Waals surface area contributed by atoms with Gasteiger partial charge in [-0.05, 0) is 26.7 Å². The number of aryl methyl sites for hydroxylation is 1. The maximum absolute atomic E-state index is 6.39. The molecule has 0 bridgehead atoms. The molecule has 106 valence electrons. The van der Waals surface area contributed by atoms with Crippen LogP contribution in [0.25, 0.3) is 11.4 Å². The van der Waals surface area contributed by atoms with Crippen molar-refractivity contribution < 1.29 is 4.52 Å². The van der Waals surface area contributed by atoms with Gasteiger partial charge in [0.15, 0.2) is 0 Å². The highest BCUT2D eigenvalue weighted by Crippen LogP contribution is 2.38. The Hall–Kier alpha value is -1.68. The Morgan fingerprint density at radius 3 is 2.70 bits per heavy atom. The summed E-state index contributed by atoms with van der Waals surface area (Å²) in [5.41, 5.74) is 8.36. The van der Waals surface area contributed by atoms with Gasteiger partial charge in [0.25, 0.3) is 0 Å². The van der Waals surface area contributed by atoms with Gasteiger partial charge in [0.2, 0.25) is 11.7 Å². The first-order valence-electron chi connectivity index (χ1n) is 7.26. The second-order valence-electron chi connectivity index (χ2n) is 6.13. The van der Waals surface area contributed by atoms with E-state index in [0.717, 1.165) is 18.4 Å². The normalized spacial score (nSPS) is 26.6. The molecule has 0 saturated heterocycles. The molecule has 2 N–H and O–H groups in total. The summed E-state index contributed by atoms with van der Waals surface area (Å²) in [6, 6.07) is 8.15. The van der Waals surface area contributed by atoms with E-state index in [1.165, 1.54) is 18.4 Å². The average Bonchev–Trinajstić information content (AvgIpc) is 2.88. The Morgan fingerprint density at radius 2 is 2.00 bits per heavy atom. The van der Waals surface area contributed by atoms with Crippen molar-refractivity contribution in [1.82, 2.24) is 10.1 Å². The lowest BCUT2D eigenvalue weighted by atomic mass is 9.74. The number of benzene rings is 1. The highest BCUT2D eigenvalue weighted by atomic mass is 16.5. The molecule has 3 rings (SSSR count). The summed E-state index contributed by atoms with van der Waals surface area (Å²) >= 11 is 0. The number of hydrogen-bond donors (Lipinski definition) is 1. The third-order valence-electron chi connectivity index (χ3n) is 4.30. The predicted molar refractivity (Wildman–Crippen MR) is 78.3 cm³/mol. The molecular weight excluding hydrogens is 250 g/mol. The van der Waals surface area contributed by atoms with Crippen LogP contribution < -0.4 is 5.73 Å². The van der Waals surface area contributed by atoms with Gasteiger partial charge in [-0.15, -0.1) is 0 Å². The van der Waals surface area contributed by atoms with E-state index in [1.807, 2.05) is 12.1 Å². The van der Waals surface area contributed by atoms with E-state index < -0.39 is 0 Å². The molecule has 2 atom stereocenters. The van der Waals surface area contributed by atoms with Crippen LogP contribution in [0, 0.1) is 6.92 Å². The smallest absolute Gasteiger partial charge is 0.231 e. The van der Waals surface area contributed by atoms with Crippen LogP contribution >= 0.6 is 0 Å². The predicted octanol–water partition coefficient (Wildman–Crippen LogP) is 3.42. The Bertz CT molecular complexity index is 586. The Balaban J connectivity index is 1.88. The van der Waals surface area contributed by atoms with Crippen LogP contribution in [0.4, 0.5) is 0 Å². The van der Waals surface area contributed by atoms with Crippen LogP contribution in [0.1, 0.15) is 50.0 Å². The molecule has 1 fully saturated rings. The number of rotatable bonds is 2. The zero-order valence-electron chi connectivity index (χ0n) is 12.1. The van der Waals surface area contributed by atoms with Gasteiger partial charge in [0.1, 0.15) is 0 Å². The maximum Gasteiger partial charge on any atom is 0.231 e. The number of aromatic nitrogens is 2. The number of hydrogen-bond acceptors (Lipinski definition) is 4. The van der Waals surface area contributed by atoms with Crippen LogP contribution in [0.3, 0.4) is 0 Å². The summed E-state index contributed by atoms with van der Waals surface area (Å²) in [5.74, 6) is 1.51. The summed E-state index contributed by atoms with van der Waals surface area (Å²) < 4.78 is 5.48. The summed E-state index contributed by atoms with van der Waals surface area (Å²) in [4.78, 5) is 4.57. The molecule has 4 nitrogen and oxygen atoms in total. The van der Waals surface area contributed by atoms with Gasteiger partial charge in [0.05, 0.1) is 5.92 Å². The lowest BCUT2D eigenvalue weighted by Gasteiger charge is -2.35. The maximum atomic E-state index is 6.39. The molecule has 0 spiro atoms. The Morgan fingerprint density at radius 1 is 1.25 bits per heavy atom. The number of nitrogens with two attached hydrogens (primary N) is 1. The average molecular weight is 271 g/mol. The van der Waals surface area contributed by atoms with Crippen LogP contribution in [0.2, 0.25) is 0 Å². The van der Waals surface area contributed by atoms with Crippen LogP contribution in [-0.4, -0.2) is 15.7 Å². The molecule has 4 heteroatoms. The molecule has 1 aromatic heterocycles. The Labute approximate surface area is 119 Å². The van der Waals surface area contributed by atoms with E-state index in [-0.39, 0.29) is 11.5 Å². The van der Waals surface area contributed by atoms with Crippen molar-refractivity contribution in [2.24, 2.45) is 5.73 Å². The largest absolute Gasteiger partial charge is 0.339 e. The first-order valence-corrected chi connectivity index (χ1v) is 7.26. The second-order valence-corrected chi connectivity index (χ2v) is 6.13. The van der Waals surface area contributed by atoms with Crippen molar-refractivity contribution >= 4 is 0 Å². The number of nitrogens with zero attached hydrogens (tertiary/aromatic N) is 2. The highest BCUT2D eigenvalue weighted by Gasteiger charge is 2.37. The molecule has 0 amide bonds. The zero-order chi connectivity index (χ0) is 14.2. The van der Waals surface area contributed by atoms with Crippen molar-refractivity contribution in [3.63, 3.8) is 0 Å². The van der Waals surface area contributed by atoms with E-state index in [4.69, 9.17) is 10.3 Å². The van der Waals surface area contributed by atoms with Crippen molar-refractivity contribution in [2.45, 2.75) is 51.0 Å². The minimum Gasteiger partial charge on any atom is -0.339 e. The minimum atomic E-state index is -0.241. The van der Waals surface area contributed by atoms with E-state index in [9.17, 15) is 0 Å². The lowest BCUT2D eigenvalue weighted by Crippen LogP contribution is -2.44. The van der Waals surface area contributed by atoms with Gasteiger partial charge >= 0.3 is 0 Å². The molecule has 0 aliphatic heterocycles. The van der Waals surface area contributed by atoms with E-state index in [0.29, 0.717) is 11.7 Å². The van der Waals surface area contributed by atoms with Crippen LogP contribution in [-0.2, 0) is 0 Å². The zero-order valence-corrected chi connectivity index (χ0v) is 12.1. The van der Waals surface area contributed by atoms with Gasteiger partial charge in [0, 0.05) is 11.1 Å². The standard InChI is InChI=1S/C16H21N3O/c1-11-6-8-12(9-7-11)14-18-15(20-19-14)13-5-3-4-10-16(13,2)17/h6-9,13H,3-5,10,17H2,1-2H3. The quantitative estimate of drug-likeness (QED) is 0.909. The monoisotopic (exact) mass is 271 g/mol. The third-order valence-corrected chi connectivity index (χ3v) is 4.30. The van der Waals surface area contributed by atoms with Gasteiger partial charge in [-0.3, -0.25) is 0 Å². The fraction of sp³-hybridized carbons (Fsp3) is 0.500. The molecule has 0 radical (unpaired) electrons. The van der Waals surface area contributed by atoms with Crippen LogP contribution in [0.15, 0.2) is 28.8 Å².